The topological polar surface area (TPSA) is 72.7 Å². The van der Waals surface area contributed by atoms with Crippen molar-refractivity contribution in [3.05, 3.63) is 0 Å². The fraction of sp³-hybridized carbons (Fsp3) is 1.00. The van der Waals surface area contributed by atoms with Crippen molar-refractivity contribution >= 4 is 0 Å². The highest BCUT2D eigenvalue weighted by atomic mass is 16.4. The van der Waals surface area contributed by atoms with Crippen molar-refractivity contribution in [2.75, 3.05) is 6.54 Å². The Hall–Kier alpha value is -0.160. The lowest BCUT2D eigenvalue weighted by atomic mass is 9.95. The molecule has 0 amide bonds. The van der Waals surface area contributed by atoms with Crippen molar-refractivity contribution in [2.45, 2.75) is 25.4 Å². The Kier molecular flexibility index (Phi) is 2.25. The fourth-order valence-electron chi connectivity index (χ4n) is 1.07. The van der Waals surface area contributed by atoms with Gasteiger partial charge in [-0.3, -0.25) is 5.32 Å². The van der Waals surface area contributed by atoms with Crippen LogP contribution >= 0.6 is 0 Å². The molecule has 1 aliphatic heterocycles. The number of hydrogen-bond acceptors (Lipinski definition) is 4. The van der Waals surface area contributed by atoms with Crippen molar-refractivity contribution in [1.82, 2.24) is 5.32 Å². The molecule has 0 bridgehead atoms. The Balaban J connectivity index is 2.52. The number of aliphatic hydroxyl groups is 3. The number of aliphatic hydroxyl groups excluding tert-OH is 3. The molecule has 0 radical (unpaired) electrons. The summed E-state index contributed by atoms with van der Waals surface area (Å²) in [5.41, 5.74) is 0. The lowest BCUT2D eigenvalue weighted by Gasteiger charge is -2.33. The van der Waals surface area contributed by atoms with E-state index in [1.54, 1.807) is 0 Å². The van der Waals surface area contributed by atoms with E-state index in [9.17, 15) is 0 Å². The van der Waals surface area contributed by atoms with Crippen LogP contribution < -0.4 is 5.32 Å². The Morgan fingerprint density at radius 1 is 1.20 bits per heavy atom. The lowest BCUT2D eigenvalue weighted by molar-refractivity contribution is -0.113. The van der Waals surface area contributed by atoms with Crippen LogP contribution in [0.2, 0.25) is 0 Å². The van der Waals surface area contributed by atoms with Crippen LogP contribution in [0.15, 0.2) is 0 Å². The van der Waals surface area contributed by atoms with E-state index in [1.807, 2.05) is 6.92 Å². The predicted octanol–water partition coefficient (Wildman–Crippen LogP) is -1.73. The maximum atomic E-state index is 9.17. The first-order valence-electron chi connectivity index (χ1n) is 3.40. The maximum Gasteiger partial charge on any atom is 0.133 e. The van der Waals surface area contributed by atoms with Gasteiger partial charge in [-0.2, -0.15) is 0 Å². The second kappa shape index (κ2) is 2.84. The van der Waals surface area contributed by atoms with Crippen LogP contribution in [0.3, 0.4) is 0 Å². The highest BCUT2D eigenvalue weighted by Crippen LogP contribution is 2.13. The first-order valence-corrected chi connectivity index (χ1v) is 3.40. The summed E-state index contributed by atoms with van der Waals surface area (Å²) in [4.78, 5) is 0. The van der Waals surface area contributed by atoms with Crippen molar-refractivity contribution < 1.29 is 15.3 Å². The Morgan fingerprint density at radius 2 is 1.80 bits per heavy atom. The molecule has 4 N–H and O–H groups in total. The Labute approximate surface area is 59.5 Å². The normalized spacial score (nSPS) is 49.2. The molecule has 4 atom stereocenters. The maximum absolute atomic E-state index is 9.17. The highest BCUT2D eigenvalue weighted by Gasteiger charge is 2.33. The van der Waals surface area contributed by atoms with Gasteiger partial charge in [-0.15, -0.1) is 0 Å². The quantitative estimate of drug-likeness (QED) is 0.328. The highest BCUT2D eigenvalue weighted by molar-refractivity contribution is 4.84. The summed E-state index contributed by atoms with van der Waals surface area (Å²) in [6.45, 7) is 2.35. The minimum absolute atomic E-state index is 0.00148. The molecule has 4 heteroatoms. The molecule has 1 heterocycles. The molecule has 0 aromatic heterocycles. The standard InChI is InChI=1S/C6H13NO3/c1-3-2-7-6(10)5(9)4(3)8/h3-10H,2H2,1H3/t3-,4-,5-,6-/m0/s1. The minimum atomic E-state index is -1.05. The third-order valence-electron chi connectivity index (χ3n) is 1.91. The Morgan fingerprint density at radius 3 is 2.30 bits per heavy atom. The smallest absolute Gasteiger partial charge is 0.133 e. The largest absolute Gasteiger partial charge is 0.390 e. The summed E-state index contributed by atoms with van der Waals surface area (Å²) in [6, 6.07) is 0. The van der Waals surface area contributed by atoms with Gasteiger partial charge in [0.25, 0.3) is 0 Å². The third kappa shape index (κ3) is 1.29. The van der Waals surface area contributed by atoms with Gasteiger partial charge >= 0.3 is 0 Å². The average molecular weight is 147 g/mol. The van der Waals surface area contributed by atoms with E-state index in [4.69, 9.17) is 15.3 Å². The summed E-state index contributed by atoms with van der Waals surface area (Å²) in [5, 5.41) is 29.8. The Bertz CT molecular complexity index is 106. The number of nitrogens with one attached hydrogen (secondary N) is 1. The van der Waals surface area contributed by atoms with E-state index < -0.39 is 18.4 Å². The van der Waals surface area contributed by atoms with Gasteiger partial charge in [0.05, 0.1) is 6.10 Å². The molecule has 0 aromatic carbocycles. The SMILES string of the molecule is C[C@H]1CN[C@@H](O)[C@@H](O)[C@H]1O. The van der Waals surface area contributed by atoms with Crippen LogP contribution in [-0.4, -0.2) is 40.3 Å². The van der Waals surface area contributed by atoms with E-state index >= 15 is 0 Å². The first kappa shape index (κ1) is 7.94. The average Bonchev–Trinajstić information content (AvgIpc) is 1.93. The molecule has 1 rings (SSSR count). The van der Waals surface area contributed by atoms with Gasteiger partial charge in [-0.25, -0.2) is 0 Å². The zero-order chi connectivity index (χ0) is 7.72. The molecule has 0 unspecified atom stereocenters. The zero-order valence-electron chi connectivity index (χ0n) is 5.86. The van der Waals surface area contributed by atoms with Gasteiger partial charge in [0, 0.05) is 6.54 Å². The lowest BCUT2D eigenvalue weighted by Crippen LogP contribution is -2.56. The monoisotopic (exact) mass is 147 g/mol. The predicted molar refractivity (Wildman–Crippen MR) is 35.2 cm³/mol. The summed E-state index contributed by atoms with van der Waals surface area (Å²) >= 11 is 0. The molecule has 10 heavy (non-hydrogen) atoms. The molecule has 1 aliphatic rings. The summed E-state index contributed by atoms with van der Waals surface area (Å²) in [7, 11) is 0. The van der Waals surface area contributed by atoms with Crippen molar-refractivity contribution in [3.63, 3.8) is 0 Å². The second-order valence-electron chi connectivity index (χ2n) is 2.81. The molecule has 4 nitrogen and oxygen atoms in total. The zero-order valence-corrected chi connectivity index (χ0v) is 5.86. The molecular formula is C6H13NO3. The van der Waals surface area contributed by atoms with Gasteiger partial charge < -0.3 is 15.3 Å². The van der Waals surface area contributed by atoms with Gasteiger partial charge in [-0.1, -0.05) is 6.92 Å². The van der Waals surface area contributed by atoms with E-state index in [2.05, 4.69) is 5.32 Å². The van der Waals surface area contributed by atoms with Crippen molar-refractivity contribution in [3.8, 4) is 0 Å². The van der Waals surface area contributed by atoms with Gasteiger partial charge in [0.1, 0.15) is 12.3 Å². The minimum Gasteiger partial charge on any atom is -0.390 e. The van der Waals surface area contributed by atoms with E-state index in [0.717, 1.165) is 0 Å². The van der Waals surface area contributed by atoms with Gasteiger partial charge in [-0.05, 0) is 5.92 Å². The summed E-state index contributed by atoms with van der Waals surface area (Å²) < 4.78 is 0. The molecule has 0 spiro atoms. The van der Waals surface area contributed by atoms with Crippen LogP contribution in [0.4, 0.5) is 0 Å². The molecule has 1 fully saturated rings. The third-order valence-corrected chi connectivity index (χ3v) is 1.91. The first-order chi connectivity index (χ1) is 4.63. The molecule has 60 valence electrons. The van der Waals surface area contributed by atoms with Crippen LogP contribution in [0.5, 0.6) is 0 Å². The van der Waals surface area contributed by atoms with Crippen LogP contribution in [0, 0.1) is 5.92 Å². The molecule has 0 aromatic rings. The fourth-order valence-corrected chi connectivity index (χ4v) is 1.07. The number of hydrogen-bond donors (Lipinski definition) is 4. The summed E-state index contributed by atoms with van der Waals surface area (Å²) in [6.07, 6.45) is -2.84. The van der Waals surface area contributed by atoms with Crippen molar-refractivity contribution in [1.29, 1.82) is 0 Å². The molecule has 0 saturated carbocycles. The van der Waals surface area contributed by atoms with Crippen LogP contribution in [0.25, 0.3) is 0 Å². The van der Waals surface area contributed by atoms with Crippen LogP contribution in [-0.2, 0) is 0 Å². The molecular weight excluding hydrogens is 134 g/mol. The second-order valence-corrected chi connectivity index (χ2v) is 2.81. The molecule has 1 saturated heterocycles. The van der Waals surface area contributed by atoms with E-state index in [-0.39, 0.29) is 5.92 Å². The molecule has 0 aliphatic carbocycles. The summed E-state index contributed by atoms with van der Waals surface area (Å²) in [5.74, 6) is -0.00148. The van der Waals surface area contributed by atoms with E-state index in [0.29, 0.717) is 6.54 Å². The number of rotatable bonds is 0. The van der Waals surface area contributed by atoms with Gasteiger partial charge in [0.15, 0.2) is 0 Å². The van der Waals surface area contributed by atoms with Gasteiger partial charge in [0.2, 0.25) is 0 Å². The number of piperidine rings is 1. The van der Waals surface area contributed by atoms with E-state index in [1.165, 1.54) is 0 Å². The van der Waals surface area contributed by atoms with Crippen LogP contribution in [0.1, 0.15) is 6.92 Å². The van der Waals surface area contributed by atoms with Crippen molar-refractivity contribution in [2.24, 2.45) is 5.92 Å².